The van der Waals surface area contributed by atoms with Crippen LogP contribution < -0.4 is 4.90 Å². The second-order valence-electron chi connectivity index (χ2n) is 6.59. The van der Waals surface area contributed by atoms with E-state index in [-0.39, 0.29) is 11.5 Å². The van der Waals surface area contributed by atoms with Crippen LogP contribution in [0.4, 0.5) is 9.52 Å². The Morgan fingerprint density at radius 2 is 1.85 bits per heavy atom. The first-order valence-corrected chi connectivity index (χ1v) is 9.28. The number of fused-ring (bicyclic) bond motifs is 1. The molecule has 3 aromatic rings. The quantitative estimate of drug-likeness (QED) is 0.672. The molecule has 4 nitrogen and oxygen atoms in total. The number of amides is 1. The Labute approximate surface area is 156 Å². The second kappa shape index (κ2) is 7.51. The van der Waals surface area contributed by atoms with Gasteiger partial charge in [0.15, 0.2) is 5.13 Å². The summed E-state index contributed by atoms with van der Waals surface area (Å²) in [5.74, 6) is -0.876. The molecular formula is C20H22FN3OS. The average molecular weight is 371 g/mol. The minimum atomic E-state index is -0.513. The highest BCUT2D eigenvalue weighted by atomic mass is 32.1. The molecule has 0 N–H and O–H groups in total. The summed E-state index contributed by atoms with van der Waals surface area (Å²) in [6.45, 7) is 5.18. The third-order valence-corrected chi connectivity index (χ3v) is 5.47. The summed E-state index contributed by atoms with van der Waals surface area (Å²) in [6, 6.07) is 10.2. The van der Waals surface area contributed by atoms with Crippen molar-refractivity contribution in [3.8, 4) is 0 Å². The van der Waals surface area contributed by atoms with Gasteiger partial charge < -0.3 is 4.90 Å². The van der Waals surface area contributed by atoms with Crippen LogP contribution in [0.1, 0.15) is 21.5 Å². The van der Waals surface area contributed by atoms with E-state index < -0.39 is 5.82 Å². The van der Waals surface area contributed by atoms with Gasteiger partial charge in [0.25, 0.3) is 5.91 Å². The van der Waals surface area contributed by atoms with E-state index in [0.29, 0.717) is 18.2 Å². The number of halogens is 1. The van der Waals surface area contributed by atoms with Gasteiger partial charge in [0, 0.05) is 13.1 Å². The summed E-state index contributed by atoms with van der Waals surface area (Å²) in [6.07, 6.45) is 0. The van der Waals surface area contributed by atoms with Crippen LogP contribution in [0, 0.1) is 19.7 Å². The van der Waals surface area contributed by atoms with Crippen molar-refractivity contribution in [2.24, 2.45) is 0 Å². The van der Waals surface area contributed by atoms with Gasteiger partial charge in [-0.15, -0.1) is 0 Å². The zero-order valence-corrected chi connectivity index (χ0v) is 16.2. The van der Waals surface area contributed by atoms with Gasteiger partial charge in [-0.1, -0.05) is 29.5 Å². The molecule has 0 unspecified atom stereocenters. The van der Waals surface area contributed by atoms with Gasteiger partial charge >= 0.3 is 0 Å². The maximum Gasteiger partial charge on any atom is 0.263 e. The van der Waals surface area contributed by atoms with Crippen molar-refractivity contribution < 1.29 is 9.18 Å². The van der Waals surface area contributed by atoms with E-state index in [1.165, 1.54) is 23.5 Å². The number of carbonyl (C=O) groups is 1. The number of nitrogens with zero attached hydrogens (tertiary/aromatic N) is 3. The molecule has 6 heteroatoms. The molecule has 0 radical (unpaired) electrons. The molecule has 0 aliphatic heterocycles. The molecule has 0 atom stereocenters. The van der Waals surface area contributed by atoms with Gasteiger partial charge in [-0.2, -0.15) is 0 Å². The minimum Gasteiger partial charge on any atom is -0.308 e. The van der Waals surface area contributed by atoms with Crippen LogP contribution in [0.25, 0.3) is 10.2 Å². The Morgan fingerprint density at radius 3 is 2.54 bits per heavy atom. The number of hydrogen-bond donors (Lipinski definition) is 0. The fourth-order valence-corrected chi connectivity index (χ4v) is 3.74. The number of hydrogen-bond acceptors (Lipinski definition) is 4. The number of rotatable bonds is 5. The van der Waals surface area contributed by atoms with E-state index in [0.717, 1.165) is 21.3 Å². The normalized spacial score (nSPS) is 11.3. The number of carbonyl (C=O) groups excluding carboxylic acids is 1. The van der Waals surface area contributed by atoms with E-state index in [1.54, 1.807) is 17.0 Å². The van der Waals surface area contributed by atoms with Gasteiger partial charge in [0.05, 0.1) is 15.8 Å². The highest BCUT2D eigenvalue weighted by molar-refractivity contribution is 7.22. The van der Waals surface area contributed by atoms with Crippen molar-refractivity contribution in [1.82, 2.24) is 9.88 Å². The fourth-order valence-electron chi connectivity index (χ4n) is 2.69. The third kappa shape index (κ3) is 3.61. The molecule has 3 rings (SSSR count). The van der Waals surface area contributed by atoms with Crippen molar-refractivity contribution >= 4 is 32.6 Å². The van der Waals surface area contributed by atoms with Crippen LogP contribution in [0.5, 0.6) is 0 Å². The zero-order valence-electron chi connectivity index (χ0n) is 15.4. The lowest BCUT2D eigenvalue weighted by molar-refractivity contribution is 0.0981. The summed E-state index contributed by atoms with van der Waals surface area (Å²) in [7, 11) is 3.88. The van der Waals surface area contributed by atoms with Gasteiger partial charge in [-0.25, -0.2) is 9.37 Å². The molecule has 0 saturated carbocycles. The molecule has 136 valence electrons. The van der Waals surface area contributed by atoms with Crippen LogP contribution in [0.15, 0.2) is 36.4 Å². The van der Waals surface area contributed by atoms with Crippen molar-refractivity contribution in [2.45, 2.75) is 13.8 Å². The average Bonchev–Trinajstić information content (AvgIpc) is 3.03. The number of aryl methyl sites for hydroxylation is 2. The van der Waals surface area contributed by atoms with E-state index in [4.69, 9.17) is 4.98 Å². The van der Waals surface area contributed by atoms with E-state index >= 15 is 0 Å². The number of anilines is 1. The summed E-state index contributed by atoms with van der Waals surface area (Å²) >= 11 is 1.46. The number of likely N-dealkylation sites (N-methyl/N-ethyl adjacent to an activating group) is 1. The first-order chi connectivity index (χ1) is 12.4. The van der Waals surface area contributed by atoms with Crippen molar-refractivity contribution in [3.05, 3.63) is 58.9 Å². The Balaban J connectivity index is 2.05. The Bertz CT molecular complexity index is 951. The van der Waals surface area contributed by atoms with Gasteiger partial charge in [-0.3, -0.25) is 9.69 Å². The van der Waals surface area contributed by atoms with Gasteiger partial charge in [-0.05, 0) is 57.3 Å². The Morgan fingerprint density at radius 1 is 1.12 bits per heavy atom. The molecule has 26 heavy (non-hydrogen) atoms. The van der Waals surface area contributed by atoms with Crippen molar-refractivity contribution in [3.63, 3.8) is 0 Å². The topological polar surface area (TPSA) is 36.4 Å². The molecule has 1 heterocycles. The zero-order chi connectivity index (χ0) is 18.8. The second-order valence-corrected chi connectivity index (χ2v) is 7.60. The van der Waals surface area contributed by atoms with Crippen LogP contribution in [-0.4, -0.2) is 43.0 Å². The van der Waals surface area contributed by atoms with Gasteiger partial charge in [0.1, 0.15) is 5.82 Å². The molecule has 0 bridgehead atoms. The predicted octanol–water partition coefficient (Wildman–Crippen LogP) is 4.26. The molecule has 1 amide bonds. The molecule has 0 fully saturated rings. The molecule has 2 aromatic carbocycles. The molecule has 0 aliphatic rings. The van der Waals surface area contributed by atoms with Crippen LogP contribution >= 0.6 is 11.3 Å². The fraction of sp³-hybridized carbons (Fsp3) is 0.300. The van der Waals surface area contributed by atoms with Crippen LogP contribution in [0.3, 0.4) is 0 Å². The molecule has 0 saturated heterocycles. The molecular weight excluding hydrogens is 349 g/mol. The number of aromatic nitrogens is 1. The predicted molar refractivity (Wildman–Crippen MR) is 106 cm³/mol. The lowest BCUT2D eigenvalue weighted by Gasteiger charge is -2.22. The number of benzene rings is 2. The highest BCUT2D eigenvalue weighted by Gasteiger charge is 2.24. The summed E-state index contributed by atoms with van der Waals surface area (Å²) < 4.78 is 15.2. The summed E-state index contributed by atoms with van der Waals surface area (Å²) in [4.78, 5) is 21.3. The minimum absolute atomic E-state index is 0.0680. The lowest BCUT2D eigenvalue weighted by Crippen LogP contribution is -2.37. The van der Waals surface area contributed by atoms with Gasteiger partial charge in [0.2, 0.25) is 0 Å². The maximum atomic E-state index is 14.2. The first kappa shape index (κ1) is 18.5. The highest BCUT2D eigenvalue weighted by Crippen LogP contribution is 2.32. The largest absolute Gasteiger partial charge is 0.308 e. The molecule has 0 aliphatic carbocycles. The van der Waals surface area contributed by atoms with Crippen molar-refractivity contribution in [1.29, 1.82) is 0 Å². The van der Waals surface area contributed by atoms with E-state index in [2.05, 4.69) is 6.07 Å². The Kier molecular flexibility index (Phi) is 5.34. The van der Waals surface area contributed by atoms with Crippen LogP contribution in [-0.2, 0) is 0 Å². The first-order valence-electron chi connectivity index (χ1n) is 8.46. The SMILES string of the molecule is Cc1ccc2sc(N(CCN(C)C)C(=O)c3ccccc3F)nc2c1C. The van der Waals surface area contributed by atoms with E-state index in [1.807, 2.05) is 38.9 Å². The molecule has 0 spiro atoms. The lowest BCUT2D eigenvalue weighted by atomic mass is 10.1. The van der Waals surface area contributed by atoms with Crippen LogP contribution in [0.2, 0.25) is 0 Å². The van der Waals surface area contributed by atoms with Crippen molar-refractivity contribution in [2.75, 3.05) is 32.1 Å². The summed E-state index contributed by atoms with van der Waals surface area (Å²) in [5.41, 5.74) is 3.24. The van der Waals surface area contributed by atoms with E-state index in [9.17, 15) is 9.18 Å². The maximum absolute atomic E-state index is 14.2. The number of thiazole rings is 1. The monoisotopic (exact) mass is 371 g/mol. The Hall–Kier alpha value is -2.31. The standard InChI is InChI=1S/C20H22FN3OS/c1-13-9-10-17-18(14(13)2)22-20(26-17)24(12-11-23(3)4)19(25)15-7-5-6-8-16(15)21/h5-10H,11-12H2,1-4H3. The third-order valence-electron chi connectivity index (χ3n) is 4.42. The smallest absolute Gasteiger partial charge is 0.263 e. The molecule has 1 aromatic heterocycles. The summed E-state index contributed by atoms with van der Waals surface area (Å²) in [5, 5.41) is 0.601.